The topological polar surface area (TPSA) is 33.7 Å². The first-order valence-electron chi connectivity index (χ1n) is 9.12. The summed E-state index contributed by atoms with van der Waals surface area (Å²) in [5.74, 6) is 0.842. The van der Waals surface area contributed by atoms with Gasteiger partial charge in [-0.1, -0.05) is 29.8 Å². The minimum atomic E-state index is 0.204. The molecule has 0 spiro atoms. The Labute approximate surface area is 171 Å². The molecular formula is C21H25ClN2O2S. The van der Waals surface area contributed by atoms with Crippen LogP contribution in [0.1, 0.15) is 24.0 Å². The fraction of sp³-hybridized carbons (Fsp3) is 0.381. The van der Waals surface area contributed by atoms with E-state index < -0.39 is 0 Å². The molecule has 1 fully saturated rings. The third-order valence-electron chi connectivity index (χ3n) is 4.75. The fourth-order valence-corrected chi connectivity index (χ4v) is 3.61. The Hall–Kier alpha value is -1.82. The van der Waals surface area contributed by atoms with Crippen LogP contribution >= 0.6 is 23.8 Å². The maximum absolute atomic E-state index is 6.25. The summed E-state index contributed by atoms with van der Waals surface area (Å²) < 4.78 is 11.2. The zero-order valence-corrected chi connectivity index (χ0v) is 17.3. The number of halogens is 1. The summed E-state index contributed by atoms with van der Waals surface area (Å²) in [6.07, 6.45) is 2.37. The Morgan fingerprint density at radius 3 is 2.89 bits per heavy atom. The molecule has 3 rings (SSSR count). The second kappa shape index (κ2) is 9.40. The first kappa shape index (κ1) is 19.9. The number of hydrogen-bond acceptors (Lipinski definition) is 3. The van der Waals surface area contributed by atoms with Crippen LogP contribution in [0.25, 0.3) is 0 Å². The van der Waals surface area contributed by atoms with Crippen LogP contribution in [0.3, 0.4) is 0 Å². The Kier molecular flexibility index (Phi) is 6.94. The smallest absolute Gasteiger partial charge is 0.173 e. The standard InChI is InChI=1S/C21H25ClN2O2S/c1-15-19(22)9-4-10-20(15)23-21(27)24(14-18-8-5-11-26-18)13-16-6-3-7-17(12-16)25-2/h3-4,6-7,9-10,12,18H,5,8,11,13-14H2,1-2H3,(H,23,27). The van der Waals surface area contributed by atoms with Crippen LogP contribution in [0.15, 0.2) is 42.5 Å². The highest BCUT2D eigenvalue weighted by atomic mass is 35.5. The Balaban J connectivity index is 1.77. The number of hydrogen-bond donors (Lipinski definition) is 1. The normalized spacial score (nSPS) is 16.2. The second-order valence-electron chi connectivity index (χ2n) is 6.71. The third kappa shape index (κ3) is 5.34. The largest absolute Gasteiger partial charge is 0.497 e. The van der Waals surface area contributed by atoms with E-state index in [1.54, 1.807) is 7.11 Å². The summed E-state index contributed by atoms with van der Waals surface area (Å²) in [4.78, 5) is 2.15. The van der Waals surface area contributed by atoms with Gasteiger partial charge in [-0.3, -0.25) is 0 Å². The van der Waals surface area contributed by atoms with E-state index in [9.17, 15) is 0 Å². The van der Waals surface area contributed by atoms with Gasteiger partial charge >= 0.3 is 0 Å². The molecule has 1 atom stereocenters. The van der Waals surface area contributed by atoms with E-state index in [1.165, 1.54) is 0 Å². The third-order valence-corrected chi connectivity index (χ3v) is 5.52. The number of benzene rings is 2. The van der Waals surface area contributed by atoms with Crippen LogP contribution < -0.4 is 10.1 Å². The minimum absolute atomic E-state index is 0.204. The molecule has 0 bridgehead atoms. The molecule has 1 aliphatic heterocycles. The fourth-order valence-electron chi connectivity index (χ4n) is 3.18. The minimum Gasteiger partial charge on any atom is -0.497 e. The molecule has 2 aromatic rings. The van der Waals surface area contributed by atoms with Gasteiger partial charge in [0.2, 0.25) is 0 Å². The summed E-state index contributed by atoms with van der Waals surface area (Å²) >= 11 is 12.0. The molecule has 1 heterocycles. The first-order valence-corrected chi connectivity index (χ1v) is 9.91. The highest BCUT2D eigenvalue weighted by Gasteiger charge is 2.21. The van der Waals surface area contributed by atoms with Gasteiger partial charge in [0.25, 0.3) is 0 Å². The average molecular weight is 405 g/mol. The maximum atomic E-state index is 6.25. The van der Waals surface area contributed by atoms with Crippen molar-refractivity contribution in [2.45, 2.75) is 32.4 Å². The van der Waals surface area contributed by atoms with Gasteiger partial charge in [-0.25, -0.2) is 0 Å². The molecule has 144 valence electrons. The number of anilines is 1. The number of thiocarbonyl (C=S) groups is 1. The Morgan fingerprint density at radius 2 is 2.15 bits per heavy atom. The summed E-state index contributed by atoms with van der Waals surface area (Å²) in [7, 11) is 1.68. The molecule has 0 amide bonds. The van der Waals surface area contributed by atoms with E-state index in [0.29, 0.717) is 11.7 Å². The summed E-state index contributed by atoms with van der Waals surface area (Å²) in [5, 5.41) is 4.75. The van der Waals surface area contributed by atoms with E-state index in [4.69, 9.17) is 33.3 Å². The molecule has 27 heavy (non-hydrogen) atoms. The van der Waals surface area contributed by atoms with Crippen molar-refractivity contribution in [2.24, 2.45) is 0 Å². The van der Waals surface area contributed by atoms with Gasteiger partial charge in [0, 0.05) is 30.4 Å². The van der Waals surface area contributed by atoms with Crippen LogP contribution in [-0.2, 0) is 11.3 Å². The summed E-state index contributed by atoms with van der Waals surface area (Å²) in [6.45, 7) is 4.25. The molecule has 1 saturated heterocycles. The Bertz CT molecular complexity index is 794. The Morgan fingerprint density at radius 1 is 1.33 bits per heavy atom. The van der Waals surface area contributed by atoms with Crippen LogP contribution in [0.2, 0.25) is 5.02 Å². The highest BCUT2D eigenvalue weighted by Crippen LogP contribution is 2.24. The molecule has 0 saturated carbocycles. The highest BCUT2D eigenvalue weighted by molar-refractivity contribution is 7.80. The van der Waals surface area contributed by atoms with Gasteiger partial charge in [-0.05, 0) is 67.4 Å². The van der Waals surface area contributed by atoms with E-state index in [-0.39, 0.29) is 6.10 Å². The van der Waals surface area contributed by atoms with Crippen molar-refractivity contribution in [1.82, 2.24) is 4.90 Å². The van der Waals surface area contributed by atoms with Crippen molar-refractivity contribution in [3.63, 3.8) is 0 Å². The predicted molar refractivity (Wildman–Crippen MR) is 115 cm³/mol. The van der Waals surface area contributed by atoms with Crippen LogP contribution in [0, 0.1) is 6.92 Å². The molecule has 4 nitrogen and oxygen atoms in total. The van der Waals surface area contributed by atoms with Gasteiger partial charge in [-0.15, -0.1) is 0 Å². The van der Waals surface area contributed by atoms with Crippen molar-refractivity contribution < 1.29 is 9.47 Å². The molecule has 1 N–H and O–H groups in total. The average Bonchev–Trinajstić information content (AvgIpc) is 3.18. The summed E-state index contributed by atoms with van der Waals surface area (Å²) in [5.41, 5.74) is 3.05. The predicted octanol–water partition coefficient (Wildman–Crippen LogP) is 5.04. The van der Waals surface area contributed by atoms with Crippen molar-refractivity contribution in [2.75, 3.05) is 25.6 Å². The van der Waals surface area contributed by atoms with Crippen LogP contribution in [-0.4, -0.2) is 36.4 Å². The van der Waals surface area contributed by atoms with Gasteiger partial charge in [0.1, 0.15) is 5.75 Å². The monoisotopic (exact) mass is 404 g/mol. The van der Waals surface area contributed by atoms with Gasteiger partial charge < -0.3 is 19.7 Å². The van der Waals surface area contributed by atoms with E-state index in [2.05, 4.69) is 16.3 Å². The maximum Gasteiger partial charge on any atom is 0.173 e. The molecule has 0 aliphatic carbocycles. The van der Waals surface area contributed by atoms with Crippen molar-refractivity contribution in [3.05, 3.63) is 58.6 Å². The number of rotatable bonds is 6. The van der Waals surface area contributed by atoms with Gasteiger partial charge in [-0.2, -0.15) is 0 Å². The zero-order chi connectivity index (χ0) is 19.2. The van der Waals surface area contributed by atoms with Gasteiger partial charge in [0.15, 0.2) is 5.11 Å². The molecular weight excluding hydrogens is 380 g/mol. The molecule has 6 heteroatoms. The van der Waals surface area contributed by atoms with Crippen molar-refractivity contribution in [1.29, 1.82) is 0 Å². The zero-order valence-electron chi connectivity index (χ0n) is 15.7. The molecule has 0 aromatic heterocycles. The van der Waals surface area contributed by atoms with Crippen LogP contribution in [0.4, 0.5) is 5.69 Å². The van der Waals surface area contributed by atoms with Crippen molar-refractivity contribution in [3.8, 4) is 5.75 Å². The lowest BCUT2D eigenvalue weighted by Crippen LogP contribution is -2.39. The van der Waals surface area contributed by atoms with E-state index in [0.717, 1.165) is 53.6 Å². The second-order valence-corrected chi connectivity index (χ2v) is 7.50. The van der Waals surface area contributed by atoms with E-state index in [1.807, 2.05) is 43.3 Å². The first-order chi connectivity index (χ1) is 13.1. The number of nitrogens with one attached hydrogen (secondary N) is 1. The SMILES string of the molecule is COc1cccc(CN(CC2CCCO2)C(=S)Nc2cccc(Cl)c2C)c1. The lowest BCUT2D eigenvalue weighted by atomic mass is 10.1. The van der Waals surface area contributed by atoms with Gasteiger partial charge in [0.05, 0.1) is 13.2 Å². The number of nitrogens with zero attached hydrogens (tertiary/aromatic N) is 1. The summed E-state index contributed by atoms with van der Waals surface area (Å²) in [6, 6.07) is 13.9. The van der Waals surface area contributed by atoms with E-state index >= 15 is 0 Å². The van der Waals surface area contributed by atoms with Crippen molar-refractivity contribution >= 4 is 34.6 Å². The lowest BCUT2D eigenvalue weighted by molar-refractivity contribution is 0.0905. The number of ether oxygens (including phenoxy) is 2. The molecule has 2 aromatic carbocycles. The molecule has 1 unspecified atom stereocenters. The van der Waals surface area contributed by atoms with Crippen LogP contribution in [0.5, 0.6) is 5.75 Å². The number of methoxy groups -OCH3 is 1. The molecule has 0 radical (unpaired) electrons. The quantitative estimate of drug-likeness (QED) is 0.682. The lowest BCUT2D eigenvalue weighted by Gasteiger charge is -2.29. The molecule has 1 aliphatic rings.